The predicted octanol–water partition coefficient (Wildman–Crippen LogP) is 3.28. The Morgan fingerprint density at radius 1 is 1.11 bits per heavy atom. The van der Waals surface area contributed by atoms with Gasteiger partial charge in [-0.15, -0.1) is 0 Å². The average molecular weight is 265 g/mol. The number of fused-ring (bicyclic) bond motifs is 2. The van der Waals surface area contributed by atoms with Crippen LogP contribution in [0.5, 0.6) is 0 Å². The summed E-state index contributed by atoms with van der Waals surface area (Å²) >= 11 is 0. The second-order valence-electron chi connectivity index (χ2n) is 7.10. The molecular formula is C16H27NO2. The lowest BCUT2D eigenvalue weighted by Crippen LogP contribution is -2.52. The van der Waals surface area contributed by atoms with Crippen molar-refractivity contribution >= 4 is 5.97 Å². The Kier molecular flexibility index (Phi) is 3.84. The molecule has 0 radical (unpaired) electrons. The molecule has 3 rings (SSSR count). The molecule has 0 aromatic carbocycles. The van der Waals surface area contributed by atoms with Crippen LogP contribution in [0.1, 0.15) is 64.7 Å². The summed E-state index contributed by atoms with van der Waals surface area (Å²) in [5.41, 5.74) is 0. The molecular weight excluding hydrogens is 238 g/mol. The topological polar surface area (TPSA) is 40.5 Å². The van der Waals surface area contributed by atoms with E-state index in [1.54, 1.807) is 0 Å². The van der Waals surface area contributed by atoms with Crippen LogP contribution >= 0.6 is 0 Å². The molecule has 0 aromatic rings. The van der Waals surface area contributed by atoms with Crippen LogP contribution in [0.25, 0.3) is 0 Å². The summed E-state index contributed by atoms with van der Waals surface area (Å²) in [4.78, 5) is 13.7. The number of rotatable bonds is 3. The van der Waals surface area contributed by atoms with Crippen molar-refractivity contribution in [2.45, 2.75) is 82.8 Å². The van der Waals surface area contributed by atoms with Crippen LogP contribution < -0.4 is 0 Å². The molecule has 108 valence electrons. The molecule has 3 fully saturated rings. The molecule has 1 saturated carbocycles. The monoisotopic (exact) mass is 265 g/mol. The maximum absolute atomic E-state index is 10.9. The van der Waals surface area contributed by atoms with Crippen LogP contribution in [-0.2, 0) is 4.79 Å². The van der Waals surface area contributed by atoms with Crippen molar-refractivity contribution in [1.82, 2.24) is 4.90 Å². The molecule has 2 heterocycles. The van der Waals surface area contributed by atoms with E-state index >= 15 is 0 Å². The zero-order valence-corrected chi connectivity index (χ0v) is 12.1. The van der Waals surface area contributed by atoms with Crippen molar-refractivity contribution in [3.05, 3.63) is 0 Å². The van der Waals surface area contributed by atoms with Crippen LogP contribution in [0.3, 0.4) is 0 Å². The number of carboxylic acid groups (broad SMARTS) is 1. The summed E-state index contributed by atoms with van der Waals surface area (Å²) in [6, 6.07) is 2.17. The molecule has 0 amide bonds. The van der Waals surface area contributed by atoms with E-state index in [2.05, 4.69) is 11.8 Å². The summed E-state index contributed by atoms with van der Waals surface area (Å²) in [5, 5.41) is 9.00. The first-order valence-electron chi connectivity index (χ1n) is 8.14. The summed E-state index contributed by atoms with van der Waals surface area (Å²) in [5.74, 6) is 0.668. The smallest absolute Gasteiger partial charge is 0.303 e. The van der Waals surface area contributed by atoms with Gasteiger partial charge < -0.3 is 5.11 Å². The Morgan fingerprint density at radius 2 is 1.74 bits per heavy atom. The van der Waals surface area contributed by atoms with Gasteiger partial charge in [0.1, 0.15) is 0 Å². The highest BCUT2D eigenvalue weighted by Crippen LogP contribution is 2.44. The van der Waals surface area contributed by atoms with Crippen LogP contribution in [0, 0.1) is 11.8 Å². The van der Waals surface area contributed by atoms with E-state index in [0.29, 0.717) is 24.4 Å². The van der Waals surface area contributed by atoms with Gasteiger partial charge in [-0.25, -0.2) is 0 Å². The minimum absolute atomic E-state index is 0.390. The van der Waals surface area contributed by atoms with Crippen molar-refractivity contribution < 1.29 is 9.90 Å². The highest BCUT2D eigenvalue weighted by molar-refractivity contribution is 5.67. The van der Waals surface area contributed by atoms with Crippen molar-refractivity contribution in [2.24, 2.45) is 11.8 Å². The predicted molar refractivity (Wildman–Crippen MR) is 75.0 cm³/mol. The fraction of sp³-hybridized carbons (Fsp3) is 0.938. The van der Waals surface area contributed by atoms with Gasteiger partial charge in [0, 0.05) is 24.5 Å². The quantitative estimate of drug-likeness (QED) is 0.851. The number of nitrogens with zero attached hydrogens (tertiary/aromatic N) is 1. The van der Waals surface area contributed by atoms with Gasteiger partial charge in [-0.1, -0.05) is 19.8 Å². The van der Waals surface area contributed by atoms with Gasteiger partial charge in [-0.3, -0.25) is 9.69 Å². The van der Waals surface area contributed by atoms with Gasteiger partial charge in [0.2, 0.25) is 0 Å². The van der Waals surface area contributed by atoms with Crippen LogP contribution in [0.4, 0.5) is 0 Å². The SMILES string of the molecule is CC1CCCCC1N1C2CCC1CC(CC(=O)O)C2. The maximum atomic E-state index is 10.9. The van der Waals surface area contributed by atoms with Gasteiger partial charge in [-0.2, -0.15) is 0 Å². The third-order valence-electron chi connectivity index (χ3n) is 5.80. The second kappa shape index (κ2) is 5.43. The molecule has 4 unspecified atom stereocenters. The third-order valence-corrected chi connectivity index (χ3v) is 5.80. The Balaban J connectivity index is 1.67. The Morgan fingerprint density at radius 3 is 2.32 bits per heavy atom. The van der Waals surface area contributed by atoms with E-state index in [1.807, 2.05) is 0 Å². The van der Waals surface area contributed by atoms with E-state index in [1.165, 1.54) is 38.5 Å². The summed E-state index contributed by atoms with van der Waals surface area (Å²) < 4.78 is 0. The number of carbonyl (C=O) groups is 1. The molecule has 1 aliphatic carbocycles. The zero-order valence-electron chi connectivity index (χ0n) is 12.1. The lowest BCUT2D eigenvalue weighted by atomic mass is 9.80. The summed E-state index contributed by atoms with van der Waals surface area (Å²) in [7, 11) is 0. The second-order valence-corrected chi connectivity index (χ2v) is 7.10. The Bertz CT molecular complexity index is 330. The normalized spacial score (nSPS) is 43.3. The zero-order chi connectivity index (χ0) is 13.4. The van der Waals surface area contributed by atoms with E-state index in [9.17, 15) is 4.79 Å². The van der Waals surface area contributed by atoms with Gasteiger partial charge in [-0.05, 0) is 50.4 Å². The minimum atomic E-state index is -0.608. The van der Waals surface area contributed by atoms with E-state index in [-0.39, 0.29) is 0 Å². The molecule has 19 heavy (non-hydrogen) atoms. The Labute approximate surface area is 116 Å². The molecule has 3 nitrogen and oxygen atoms in total. The number of piperidine rings is 1. The number of hydrogen-bond donors (Lipinski definition) is 1. The summed E-state index contributed by atoms with van der Waals surface area (Å²) in [6.45, 7) is 2.42. The molecule has 2 bridgehead atoms. The first-order chi connectivity index (χ1) is 9.15. The van der Waals surface area contributed by atoms with E-state index in [4.69, 9.17) is 5.11 Å². The first-order valence-corrected chi connectivity index (χ1v) is 8.14. The van der Waals surface area contributed by atoms with Crippen molar-refractivity contribution in [1.29, 1.82) is 0 Å². The molecule has 3 aliphatic rings. The number of aliphatic carboxylic acids is 1. The lowest BCUT2D eigenvalue weighted by molar-refractivity contribution is -0.138. The van der Waals surface area contributed by atoms with Crippen LogP contribution in [-0.4, -0.2) is 34.1 Å². The van der Waals surface area contributed by atoms with Crippen LogP contribution in [0.15, 0.2) is 0 Å². The molecule has 1 N–H and O–H groups in total. The van der Waals surface area contributed by atoms with Gasteiger partial charge in [0.05, 0.1) is 0 Å². The molecule has 4 atom stereocenters. The fourth-order valence-electron chi connectivity index (χ4n) is 5.02. The van der Waals surface area contributed by atoms with Gasteiger partial charge >= 0.3 is 5.97 Å². The fourth-order valence-corrected chi connectivity index (χ4v) is 5.02. The summed E-state index contributed by atoms with van der Waals surface area (Å²) in [6.07, 6.45) is 10.8. The molecule has 3 heteroatoms. The maximum Gasteiger partial charge on any atom is 0.303 e. The molecule has 2 aliphatic heterocycles. The van der Waals surface area contributed by atoms with Gasteiger partial charge in [0.25, 0.3) is 0 Å². The van der Waals surface area contributed by atoms with Gasteiger partial charge in [0.15, 0.2) is 0 Å². The minimum Gasteiger partial charge on any atom is -0.481 e. The average Bonchev–Trinajstić information content (AvgIpc) is 2.62. The van der Waals surface area contributed by atoms with Crippen molar-refractivity contribution in [3.8, 4) is 0 Å². The standard InChI is InChI=1S/C16H27NO2/c1-11-4-2-3-5-15(11)17-13-6-7-14(17)9-12(8-13)10-16(18)19/h11-15H,2-10H2,1H3,(H,18,19). The number of hydrogen-bond acceptors (Lipinski definition) is 2. The Hall–Kier alpha value is -0.570. The first kappa shape index (κ1) is 13.4. The van der Waals surface area contributed by atoms with Crippen molar-refractivity contribution in [2.75, 3.05) is 0 Å². The highest BCUT2D eigenvalue weighted by Gasteiger charge is 2.45. The number of carboxylic acids is 1. The van der Waals surface area contributed by atoms with E-state index in [0.717, 1.165) is 24.8 Å². The molecule has 0 spiro atoms. The lowest BCUT2D eigenvalue weighted by Gasteiger charge is -2.47. The van der Waals surface area contributed by atoms with Crippen molar-refractivity contribution in [3.63, 3.8) is 0 Å². The van der Waals surface area contributed by atoms with Crippen LogP contribution in [0.2, 0.25) is 0 Å². The molecule has 0 aromatic heterocycles. The third kappa shape index (κ3) is 2.67. The highest BCUT2D eigenvalue weighted by atomic mass is 16.4. The molecule has 2 saturated heterocycles. The largest absolute Gasteiger partial charge is 0.481 e. The van der Waals surface area contributed by atoms with E-state index < -0.39 is 5.97 Å².